The molecule has 2 aromatic rings. The van der Waals surface area contributed by atoms with Crippen LogP contribution in [-0.4, -0.2) is 46.1 Å². The zero-order chi connectivity index (χ0) is 23.8. The summed E-state index contributed by atoms with van der Waals surface area (Å²) >= 11 is 1.45. The Balaban J connectivity index is 1.06. The molecular formula is C25H27N5O4S. The molecule has 1 unspecified atom stereocenters. The van der Waals surface area contributed by atoms with Crippen molar-refractivity contribution in [2.75, 3.05) is 18.5 Å². The quantitative estimate of drug-likeness (QED) is 0.633. The van der Waals surface area contributed by atoms with Crippen LogP contribution < -0.4 is 15.4 Å². The number of carbonyl (C=O) groups excluding carboxylic acids is 3. The van der Waals surface area contributed by atoms with E-state index < -0.39 is 23.4 Å². The molecule has 5 fully saturated rings. The first-order valence-corrected chi connectivity index (χ1v) is 13.3. The summed E-state index contributed by atoms with van der Waals surface area (Å²) in [6, 6.07) is 6.62. The molecule has 8 rings (SSSR count). The second-order valence-electron chi connectivity index (χ2n) is 11.0. The minimum Gasteiger partial charge on any atom is -0.493 e. The van der Waals surface area contributed by atoms with E-state index in [-0.39, 0.29) is 12.0 Å². The average molecular weight is 494 g/mol. The molecule has 4 aliphatic carbocycles. The topological polar surface area (TPSA) is 114 Å². The standard InChI is InChI=1S/C25H27N5O4S/c31-19(13-30-21(32)25(27-23(30)33)5-6-34-18-4-2-1-3-17(18)25)26-22-29-28-20(35-22)24-10-14-7-15(11-24)9-16(8-14)12-24/h1-4,14-16H,5-13H2,(H,27,33)(H,26,29,31). The summed E-state index contributed by atoms with van der Waals surface area (Å²) in [5.41, 5.74) is -0.458. The fourth-order valence-electron chi connectivity index (χ4n) is 7.68. The number of para-hydroxylation sites is 1. The molecule has 1 aromatic carbocycles. The second-order valence-corrected chi connectivity index (χ2v) is 12.0. The average Bonchev–Trinajstić information content (AvgIpc) is 3.38. The number of fused-ring (bicyclic) bond motifs is 2. The first kappa shape index (κ1) is 21.3. The Kier molecular flexibility index (Phi) is 4.56. The number of ether oxygens (including phenoxy) is 1. The van der Waals surface area contributed by atoms with Crippen molar-refractivity contribution in [3.8, 4) is 5.75 Å². The molecule has 2 N–H and O–H groups in total. The summed E-state index contributed by atoms with van der Waals surface area (Å²) in [5.74, 6) is 2.07. The molecule has 35 heavy (non-hydrogen) atoms. The lowest BCUT2D eigenvalue weighted by atomic mass is 9.50. The molecule has 9 nitrogen and oxygen atoms in total. The molecule has 4 bridgehead atoms. The predicted octanol–water partition coefficient (Wildman–Crippen LogP) is 3.17. The van der Waals surface area contributed by atoms with Gasteiger partial charge in [-0.3, -0.25) is 19.8 Å². The smallest absolute Gasteiger partial charge is 0.325 e. The number of nitrogens with zero attached hydrogens (tertiary/aromatic N) is 3. The third-order valence-corrected chi connectivity index (χ3v) is 9.81. The lowest BCUT2D eigenvalue weighted by Crippen LogP contribution is -2.48. The summed E-state index contributed by atoms with van der Waals surface area (Å²) in [7, 11) is 0. The van der Waals surface area contributed by atoms with E-state index in [2.05, 4.69) is 20.8 Å². The number of carbonyl (C=O) groups is 3. The molecule has 1 saturated heterocycles. The molecule has 6 aliphatic rings. The number of aromatic nitrogens is 2. The number of amides is 4. The lowest BCUT2D eigenvalue weighted by Gasteiger charge is -2.55. The van der Waals surface area contributed by atoms with Gasteiger partial charge in [0.05, 0.1) is 6.61 Å². The number of benzene rings is 1. The van der Waals surface area contributed by atoms with Crippen molar-refractivity contribution in [1.29, 1.82) is 0 Å². The van der Waals surface area contributed by atoms with Gasteiger partial charge in [0, 0.05) is 17.4 Å². The van der Waals surface area contributed by atoms with Crippen LogP contribution in [0, 0.1) is 17.8 Å². The van der Waals surface area contributed by atoms with Crippen LogP contribution in [0.2, 0.25) is 0 Å². The third kappa shape index (κ3) is 3.22. The van der Waals surface area contributed by atoms with Crippen molar-refractivity contribution in [3.05, 3.63) is 34.8 Å². The van der Waals surface area contributed by atoms with Gasteiger partial charge >= 0.3 is 6.03 Å². The van der Waals surface area contributed by atoms with Crippen LogP contribution in [0.1, 0.15) is 55.5 Å². The Bertz CT molecular complexity index is 1210. The van der Waals surface area contributed by atoms with E-state index in [0.717, 1.165) is 27.7 Å². The van der Waals surface area contributed by atoms with Gasteiger partial charge in [-0.05, 0) is 62.3 Å². The van der Waals surface area contributed by atoms with Gasteiger partial charge in [-0.2, -0.15) is 0 Å². The predicted molar refractivity (Wildman–Crippen MR) is 127 cm³/mol. The van der Waals surface area contributed by atoms with E-state index in [9.17, 15) is 14.4 Å². The summed E-state index contributed by atoms with van der Waals surface area (Å²) in [4.78, 5) is 40.0. The molecule has 3 heterocycles. The van der Waals surface area contributed by atoms with Crippen molar-refractivity contribution in [2.45, 2.75) is 55.9 Å². The van der Waals surface area contributed by atoms with Gasteiger partial charge in [0.1, 0.15) is 17.3 Å². The molecule has 4 saturated carbocycles. The number of hydrogen-bond donors (Lipinski definition) is 2. The number of anilines is 1. The molecule has 1 atom stereocenters. The normalized spacial score (nSPS) is 34.6. The molecule has 0 radical (unpaired) electrons. The second kappa shape index (κ2) is 7.49. The molecule has 4 amide bonds. The molecule has 182 valence electrons. The first-order valence-electron chi connectivity index (χ1n) is 12.4. The zero-order valence-corrected chi connectivity index (χ0v) is 20.1. The largest absolute Gasteiger partial charge is 0.493 e. The highest BCUT2D eigenvalue weighted by Crippen LogP contribution is 2.61. The van der Waals surface area contributed by atoms with E-state index in [1.165, 1.54) is 49.9 Å². The van der Waals surface area contributed by atoms with Gasteiger partial charge in [-0.25, -0.2) is 4.79 Å². The van der Waals surface area contributed by atoms with E-state index in [0.29, 0.717) is 29.5 Å². The van der Waals surface area contributed by atoms with Crippen LogP contribution in [0.3, 0.4) is 0 Å². The summed E-state index contributed by atoms with van der Waals surface area (Å²) in [5, 5.41) is 15.8. The highest BCUT2D eigenvalue weighted by Gasteiger charge is 2.55. The lowest BCUT2D eigenvalue weighted by molar-refractivity contribution is -0.135. The van der Waals surface area contributed by atoms with Crippen LogP contribution in [0.4, 0.5) is 9.93 Å². The zero-order valence-electron chi connectivity index (χ0n) is 19.3. The highest BCUT2D eigenvalue weighted by molar-refractivity contribution is 7.15. The Morgan fingerprint density at radius 1 is 1.11 bits per heavy atom. The maximum Gasteiger partial charge on any atom is 0.325 e. The summed E-state index contributed by atoms with van der Waals surface area (Å²) in [6.45, 7) is -0.0668. The molecule has 1 aromatic heterocycles. The van der Waals surface area contributed by atoms with E-state index in [1.807, 2.05) is 6.07 Å². The van der Waals surface area contributed by atoms with Crippen molar-refractivity contribution >= 4 is 34.3 Å². The van der Waals surface area contributed by atoms with Gasteiger partial charge in [0.25, 0.3) is 5.91 Å². The van der Waals surface area contributed by atoms with Crippen molar-refractivity contribution < 1.29 is 19.1 Å². The number of imide groups is 1. The molecule has 2 aliphatic heterocycles. The van der Waals surface area contributed by atoms with Crippen molar-refractivity contribution in [2.24, 2.45) is 17.8 Å². The van der Waals surface area contributed by atoms with Gasteiger partial charge in [0.15, 0.2) is 5.54 Å². The van der Waals surface area contributed by atoms with Crippen LogP contribution >= 0.6 is 11.3 Å². The number of nitrogens with one attached hydrogen (secondary N) is 2. The van der Waals surface area contributed by atoms with Crippen molar-refractivity contribution in [1.82, 2.24) is 20.4 Å². The Morgan fingerprint density at radius 3 is 2.57 bits per heavy atom. The summed E-state index contributed by atoms with van der Waals surface area (Å²) < 4.78 is 5.66. The van der Waals surface area contributed by atoms with Crippen LogP contribution in [0.15, 0.2) is 24.3 Å². The number of rotatable bonds is 4. The maximum atomic E-state index is 13.4. The fourth-order valence-corrected chi connectivity index (χ4v) is 8.66. The Morgan fingerprint density at radius 2 is 1.83 bits per heavy atom. The van der Waals surface area contributed by atoms with Crippen LogP contribution in [0.5, 0.6) is 5.75 Å². The van der Waals surface area contributed by atoms with E-state index in [1.54, 1.807) is 18.2 Å². The highest BCUT2D eigenvalue weighted by atomic mass is 32.1. The Hall–Kier alpha value is -3.01. The minimum atomic E-state index is -1.19. The molecular weight excluding hydrogens is 466 g/mol. The monoisotopic (exact) mass is 493 g/mol. The minimum absolute atomic E-state index is 0.114. The third-order valence-electron chi connectivity index (χ3n) is 8.72. The van der Waals surface area contributed by atoms with Gasteiger partial charge in [0.2, 0.25) is 11.0 Å². The summed E-state index contributed by atoms with van der Waals surface area (Å²) in [6.07, 6.45) is 7.91. The maximum absolute atomic E-state index is 13.4. The van der Waals surface area contributed by atoms with Gasteiger partial charge in [-0.15, -0.1) is 10.2 Å². The van der Waals surface area contributed by atoms with E-state index >= 15 is 0 Å². The van der Waals surface area contributed by atoms with E-state index in [4.69, 9.17) is 4.74 Å². The fraction of sp³-hybridized carbons (Fsp3) is 0.560. The molecule has 1 spiro atoms. The Labute approximate surface area is 206 Å². The number of urea groups is 1. The first-order chi connectivity index (χ1) is 16.9. The SMILES string of the molecule is O=C(CN1C(=O)NC2(CCOc3ccccc32)C1=O)Nc1nnc(C23CC4CC(CC(C4)C2)C3)s1. The molecule has 10 heteroatoms. The number of hydrogen-bond acceptors (Lipinski definition) is 7. The van der Waals surface area contributed by atoms with Crippen LogP contribution in [0.25, 0.3) is 0 Å². The van der Waals surface area contributed by atoms with Crippen LogP contribution in [-0.2, 0) is 20.5 Å². The van der Waals surface area contributed by atoms with Gasteiger partial charge in [-0.1, -0.05) is 29.5 Å². The van der Waals surface area contributed by atoms with Gasteiger partial charge < -0.3 is 10.1 Å². The van der Waals surface area contributed by atoms with Crippen molar-refractivity contribution in [3.63, 3.8) is 0 Å².